The Balaban J connectivity index is 1.54. The van der Waals surface area contributed by atoms with Gasteiger partial charge in [0.2, 0.25) is 0 Å². The Morgan fingerprint density at radius 3 is 2.69 bits per heavy atom. The molecule has 0 fully saturated rings. The third-order valence-corrected chi connectivity index (χ3v) is 4.65. The van der Waals surface area contributed by atoms with Crippen molar-refractivity contribution in [3.05, 3.63) is 82.5 Å². The van der Waals surface area contributed by atoms with Gasteiger partial charge in [0.15, 0.2) is 5.76 Å². The molecule has 7 heteroatoms. The number of aromatic nitrogens is 3. The van der Waals surface area contributed by atoms with Gasteiger partial charge in [0.05, 0.1) is 29.7 Å². The molecule has 2 aromatic heterocycles. The third-order valence-electron chi connectivity index (χ3n) is 4.65. The number of methoxy groups -OCH3 is 1. The number of nitrogens with zero attached hydrogens (tertiary/aromatic N) is 3. The number of H-pyrrole nitrogens is 1. The summed E-state index contributed by atoms with van der Waals surface area (Å²) in [6.07, 6.45) is 0. The van der Waals surface area contributed by atoms with Crippen LogP contribution in [0.25, 0.3) is 22.2 Å². The van der Waals surface area contributed by atoms with E-state index in [0.29, 0.717) is 43.0 Å². The lowest BCUT2D eigenvalue weighted by molar-refractivity contribution is 0.136. The number of hydrogen-bond donors (Lipinski definition) is 1. The lowest BCUT2D eigenvalue weighted by atomic mass is 10.1. The summed E-state index contributed by atoms with van der Waals surface area (Å²) < 4.78 is 10.7. The Kier molecular flexibility index (Phi) is 5.79. The number of benzene rings is 2. The standard InChI is InChI=1S/C22H22N4O3/c1-28-12-11-26(14-17-13-20(29-25-17)16-7-3-2-4-8-16)15-21-23-19-10-6-5-9-18(19)22(27)24-21/h2-10,13H,11-12,14-15H2,1H3,(H,23,24,27). The number of nitrogens with one attached hydrogen (secondary N) is 1. The molecule has 0 saturated heterocycles. The summed E-state index contributed by atoms with van der Waals surface area (Å²) >= 11 is 0. The summed E-state index contributed by atoms with van der Waals surface area (Å²) in [5.41, 5.74) is 2.34. The van der Waals surface area contributed by atoms with Gasteiger partial charge in [0.1, 0.15) is 5.82 Å². The monoisotopic (exact) mass is 390 g/mol. The first-order valence-corrected chi connectivity index (χ1v) is 9.43. The van der Waals surface area contributed by atoms with Crippen molar-refractivity contribution in [1.29, 1.82) is 0 Å². The number of aromatic amines is 1. The van der Waals surface area contributed by atoms with Crippen LogP contribution in [0.2, 0.25) is 0 Å². The van der Waals surface area contributed by atoms with E-state index in [9.17, 15) is 4.79 Å². The molecule has 0 aliphatic carbocycles. The zero-order chi connectivity index (χ0) is 20.1. The maximum Gasteiger partial charge on any atom is 0.258 e. The van der Waals surface area contributed by atoms with Crippen LogP contribution >= 0.6 is 0 Å². The molecule has 29 heavy (non-hydrogen) atoms. The van der Waals surface area contributed by atoms with Crippen LogP contribution in [-0.4, -0.2) is 40.3 Å². The molecular formula is C22H22N4O3. The highest BCUT2D eigenvalue weighted by Gasteiger charge is 2.14. The van der Waals surface area contributed by atoms with E-state index < -0.39 is 0 Å². The molecule has 0 spiro atoms. The summed E-state index contributed by atoms with van der Waals surface area (Å²) in [6, 6.07) is 19.1. The van der Waals surface area contributed by atoms with Gasteiger partial charge in [-0.1, -0.05) is 47.6 Å². The van der Waals surface area contributed by atoms with Gasteiger partial charge >= 0.3 is 0 Å². The van der Waals surface area contributed by atoms with E-state index in [1.807, 2.05) is 54.6 Å². The fourth-order valence-corrected chi connectivity index (χ4v) is 3.21. The van der Waals surface area contributed by atoms with Crippen molar-refractivity contribution in [2.45, 2.75) is 13.1 Å². The molecular weight excluding hydrogens is 368 g/mol. The van der Waals surface area contributed by atoms with Crippen LogP contribution in [0, 0.1) is 0 Å². The predicted octanol–water partition coefficient (Wildman–Crippen LogP) is 3.23. The summed E-state index contributed by atoms with van der Waals surface area (Å²) in [6.45, 7) is 2.25. The largest absolute Gasteiger partial charge is 0.383 e. The van der Waals surface area contributed by atoms with Gasteiger partial charge in [-0.3, -0.25) is 9.69 Å². The van der Waals surface area contributed by atoms with Crippen LogP contribution in [0.1, 0.15) is 11.5 Å². The second-order valence-electron chi connectivity index (χ2n) is 6.78. The lowest BCUT2D eigenvalue weighted by Gasteiger charge is -2.20. The second-order valence-corrected chi connectivity index (χ2v) is 6.78. The lowest BCUT2D eigenvalue weighted by Crippen LogP contribution is -2.28. The van der Waals surface area contributed by atoms with E-state index >= 15 is 0 Å². The Labute approximate surface area is 167 Å². The fraction of sp³-hybridized carbons (Fsp3) is 0.227. The van der Waals surface area contributed by atoms with Crippen molar-refractivity contribution in [1.82, 2.24) is 20.0 Å². The van der Waals surface area contributed by atoms with Crippen molar-refractivity contribution < 1.29 is 9.26 Å². The first-order valence-electron chi connectivity index (χ1n) is 9.43. The first kappa shape index (κ1) is 19.0. The summed E-state index contributed by atoms with van der Waals surface area (Å²) in [4.78, 5) is 21.9. The molecule has 0 amide bonds. The number of rotatable bonds is 8. The minimum absolute atomic E-state index is 0.134. The van der Waals surface area contributed by atoms with E-state index in [0.717, 1.165) is 17.0 Å². The van der Waals surface area contributed by atoms with Gasteiger partial charge < -0.3 is 14.2 Å². The van der Waals surface area contributed by atoms with Crippen LogP contribution in [0.3, 0.4) is 0 Å². The van der Waals surface area contributed by atoms with E-state index in [1.54, 1.807) is 13.2 Å². The first-order chi connectivity index (χ1) is 14.2. The highest BCUT2D eigenvalue weighted by Crippen LogP contribution is 2.20. The highest BCUT2D eigenvalue weighted by molar-refractivity contribution is 5.77. The number of hydrogen-bond acceptors (Lipinski definition) is 6. The predicted molar refractivity (Wildman–Crippen MR) is 110 cm³/mol. The molecule has 4 aromatic rings. The molecule has 0 atom stereocenters. The maximum atomic E-state index is 12.3. The molecule has 2 aromatic carbocycles. The number of ether oxygens (including phenoxy) is 1. The van der Waals surface area contributed by atoms with Gasteiger partial charge in [-0.15, -0.1) is 0 Å². The Morgan fingerprint density at radius 1 is 1.07 bits per heavy atom. The SMILES string of the molecule is COCCN(Cc1cc(-c2ccccc2)on1)Cc1nc2ccccc2c(=O)[nH]1. The van der Waals surface area contributed by atoms with Crippen molar-refractivity contribution in [2.24, 2.45) is 0 Å². The molecule has 0 aliphatic rings. The minimum Gasteiger partial charge on any atom is -0.383 e. The molecule has 0 unspecified atom stereocenters. The van der Waals surface area contributed by atoms with Crippen molar-refractivity contribution in [3.8, 4) is 11.3 Å². The van der Waals surface area contributed by atoms with Gasteiger partial charge in [-0.25, -0.2) is 4.98 Å². The van der Waals surface area contributed by atoms with Gasteiger partial charge in [-0.05, 0) is 12.1 Å². The van der Waals surface area contributed by atoms with Crippen molar-refractivity contribution in [3.63, 3.8) is 0 Å². The van der Waals surface area contributed by atoms with Crippen LogP contribution < -0.4 is 5.56 Å². The molecule has 4 rings (SSSR count). The van der Waals surface area contributed by atoms with Crippen LogP contribution in [-0.2, 0) is 17.8 Å². The Hall–Kier alpha value is -3.29. The van der Waals surface area contributed by atoms with Crippen molar-refractivity contribution in [2.75, 3.05) is 20.3 Å². The van der Waals surface area contributed by atoms with E-state index in [1.165, 1.54) is 0 Å². The smallest absolute Gasteiger partial charge is 0.258 e. The van der Waals surface area contributed by atoms with Crippen molar-refractivity contribution >= 4 is 10.9 Å². The Bertz CT molecular complexity index is 1140. The van der Waals surface area contributed by atoms with Crippen LogP contribution in [0.15, 0.2) is 70.0 Å². The normalized spacial score (nSPS) is 11.4. The highest BCUT2D eigenvalue weighted by atomic mass is 16.5. The zero-order valence-corrected chi connectivity index (χ0v) is 16.2. The second kappa shape index (κ2) is 8.81. The molecule has 7 nitrogen and oxygen atoms in total. The quantitative estimate of drug-likeness (QED) is 0.497. The van der Waals surface area contributed by atoms with E-state index in [-0.39, 0.29) is 5.56 Å². The molecule has 1 N–H and O–H groups in total. The molecule has 0 aliphatic heterocycles. The average Bonchev–Trinajstić information content (AvgIpc) is 3.21. The van der Waals surface area contributed by atoms with Crippen LogP contribution in [0.5, 0.6) is 0 Å². The zero-order valence-electron chi connectivity index (χ0n) is 16.2. The maximum absolute atomic E-state index is 12.3. The average molecular weight is 390 g/mol. The van der Waals surface area contributed by atoms with Crippen LogP contribution in [0.4, 0.5) is 0 Å². The minimum atomic E-state index is -0.134. The molecule has 0 saturated carbocycles. The topological polar surface area (TPSA) is 84.2 Å². The van der Waals surface area contributed by atoms with Gasteiger partial charge in [0.25, 0.3) is 5.56 Å². The molecule has 0 radical (unpaired) electrons. The van der Waals surface area contributed by atoms with Gasteiger partial charge in [-0.2, -0.15) is 0 Å². The van der Waals surface area contributed by atoms with E-state index in [4.69, 9.17) is 9.26 Å². The van der Waals surface area contributed by atoms with E-state index in [2.05, 4.69) is 20.0 Å². The molecule has 0 bridgehead atoms. The summed E-state index contributed by atoms with van der Waals surface area (Å²) in [5, 5.41) is 4.79. The Morgan fingerprint density at radius 2 is 1.86 bits per heavy atom. The fourth-order valence-electron chi connectivity index (χ4n) is 3.21. The molecule has 2 heterocycles. The third kappa shape index (κ3) is 4.59. The number of fused-ring (bicyclic) bond motifs is 1. The summed E-state index contributed by atoms with van der Waals surface area (Å²) in [7, 11) is 1.66. The number of para-hydroxylation sites is 1. The van der Waals surface area contributed by atoms with Gasteiger partial charge in [0, 0.05) is 31.8 Å². The molecule has 148 valence electrons. The summed E-state index contributed by atoms with van der Waals surface area (Å²) in [5.74, 6) is 1.33.